The first-order chi connectivity index (χ1) is 8.84. The van der Waals surface area contributed by atoms with E-state index in [9.17, 15) is 19.7 Å². The van der Waals surface area contributed by atoms with Crippen molar-refractivity contribution < 1.29 is 14.5 Å². The number of aryl methyl sites for hydroxylation is 1. The number of carbonyl (C=O) groups excluding carboxylic acids is 2. The van der Waals surface area contributed by atoms with E-state index >= 15 is 0 Å². The number of nitro benzene ring substituents is 1. The molecule has 0 saturated carbocycles. The smallest absolute Gasteiger partial charge is 0.282 e. The van der Waals surface area contributed by atoms with E-state index in [0.29, 0.717) is 5.56 Å². The molecule has 0 radical (unpaired) electrons. The molecule has 102 valence electrons. The zero-order valence-electron chi connectivity index (χ0n) is 11.1. The summed E-state index contributed by atoms with van der Waals surface area (Å²) in [6.45, 7) is 4.95. The van der Waals surface area contributed by atoms with Crippen LogP contribution in [0.25, 0.3) is 0 Å². The number of nitrogens with zero attached hydrogens (tertiary/aromatic N) is 1. The van der Waals surface area contributed by atoms with Crippen LogP contribution in [0, 0.1) is 23.0 Å². The zero-order valence-corrected chi connectivity index (χ0v) is 11.1. The first kappa shape index (κ1) is 14.8. The molecule has 1 N–H and O–H groups in total. The van der Waals surface area contributed by atoms with Gasteiger partial charge in [0.1, 0.15) is 5.56 Å². The summed E-state index contributed by atoms with van der Waals surface area (Å²) in [4.78, 5) is 33.7. The molecule has 0 unspecified atom stereocenters. The molecule has 0 fully saturated rings. The lowest BCUT2D eigenvalue weighted by molar-refractivity contribution is -0.385. The van der Waals surface area contributed by atoms with Gasteiger partial charge in [-0.2, -0.15) is 0 Å². The van der Waals surface area contributed by atoms with Crippen molar-refractivity contribution in [3.8, 4) is 0 Å². The third kappa shape index (κ3) is 3.61. The molecule has 0 aliphatic carbocycles. The van der Waals surface area contributed by atoms with Gasteiger partial charge in [0.15, 0.2) is 5.78 Å². The Hall–Kier alpha value is -2.24. The van der Waals surface area contributed by atoms with Gasteiger partial charge in [-0.05, 0) is 12.5 Å². The highest BCUT2D eigenvalue weighted by molar-refractivity contribution is 6.01. The fourth-order valence-corrected chi connectivity index (χ4v) is 1.56. The maximum atomic E-state index is 12.0. The van der Waals surface area contributed by atoms with E-state index in [2.05, 4.69) is 5.32 Å². The largest absolute Gasteiger partial charge is 0.345 e. The summed E-state index contributed by atoms with van der Waals surface area (Å²) in [5.74, 6) is -0.907. The van der Waals surface area contributed by atoms with Gasteiger partial charge in [-0.3, -0.25) is 19.7 Å². The topological polar surface area (TPSA) is 89.3 Å². The van der Waals surface area contributed by atoms with Gasteiger partial charge in [0, 0.05) is 12.0 Å². The van der Waals surface area contributed by atoms with Crippen LogP contribution in [-0.4, -0.2) is 23.2 Å². The second kappa shape index (κ2) is 6.08. The molecule has 1 aromatic rings. The number of benzene rings is 1. The number of rotatable bonds is 5. The Morgan fingerprint density at radius 1 is 1.37 bits per heavy atom. The van der Waals surface area contributed by atoms with Gasteiger partial charge < -0.3 is 5.32 Å². The maximum absolute atomic E-state index is 12.0. The lowest BCUT2D eigenvalue weighted by Gasteiger charge is -2.09. The Morgan fingerprint density at radius 3 is 2.53 bits per heavy atom. The van der Waals surface area contributed by atoms with E-state index in [1.807, 2.05) is 0 Å². The molecule has 0 aromatic heterocycles. The molecule has 6 nitrogen and oxygen atoms in total. The summed E-state index contributed by atoms with van der Waals surface area (Å²) in [6.07, 6.45) is 0. The molecule has 0 aliphatic heterocycles. The van der Waals surface area contributed by atoms with E-state index in [1.165, 1.54) is 12.1 Å². The molecule has 0 heterocycles. The second-order valence-electron chi connectivity index (χ2n) is 4.53. The van der Waals surface area contributed by atoms with Crippen molar-refractivity contribution in [2.45, 2.75) is 20.8 Å². The minimum Gasteiger partial charge on any atom is -0.345 e. The molecular formula is C13H16N2O4. The van der Waals surface area contributed by atoms with Crippen LogP contribution in [0.1, 0.15) is 29.8 Å². The van der Waals surface area contributed by atoms with E-state index in [4.69, 9.17) is 0 Å². The van der Waals surface area contributed by atoms with E-state index in [1.54, 1.807) is 26.8 Å². The van der Waals surface area contributed by atoms with Crippen LogP contribution in [0.2, 0.25) is 0 Å². The van der Waals surface area contributed by atoms with E-state index in [0.717, 1.165) is 0 Å². The normalized spacial score (nSPS) is 10.3. The van der Waals surface area contributed by atoms with Crippen LogP contribution in [0.5, 0.6) is 0 Å². The van der Waals surface area contributed by atoms with Crippen molar-refractivity contribution in [1.82, 2.24) is 5.32 Å². The average molecular weight is 264 g/mol. The van der Waals surface area contributed by atoms with Gasteiger partial charge in [0.25, 0.3) is 11.6 Å². The molecule has 1 aromatic carbocycles. The number of nitro groups is 1. The Bertz CT molecular complexity index is 523. The SMILES string of the molecule is Cc1cccc([N+](=O)[O-])c1C(=O)NCC(=O)C(C)C. The molecule has 19 heavy (non-hydrogen) atoms. The molecule has 0 aliphatic rings. The molecule has 6 heteroatoms. The fraction of sp³-hybridized carbons (Fsp3) is 0.385. The van der Waals surface area contributed by atoms with Crippen LogP contribution in [0.3, 0.4) is 0 Å². The van der Waals surface area contributed by atoms with Crippen LogP contribution in [0.4, 0.5) is 5.69 Å². The third-order valence-corrected chi connectivity index (χ3v) is 2.74. The highest BCUT2D eigenvalue weighted by Gasteiger charge is 2.22. The van der Waals surface area contributed by atoms with Crippen LogP contribution < -0.4 is 5.32 Å². The lowest BCUT2D eigenvalue weighted by Crippen LogP contribution is -2.32. The van der Waals surface area contributed by atoms with Gasteiger partial charge in [-0.25, -0.2) is 0 Å². The summed E-state index contributed by atoms with van der Waals surface area (Å²) in [5, 5.41) is 13.3. The van der Waals surface area contributed by atoms with Gasteiger partial charge >= 0.3 is 0 Å². The Morgan fingerprint density at radius 2 is 2.00 bits per heavy atom. The van der Waals surface area contributed by atoms with Crippen molar-refractivity contribution in [3.05, 3.63) is 39.4 Å². The molecule has 1 amide bonds. The number of nitrogens with one attached hydrogen (secondary N) is 1. The van der Waals surface area contributed by atoms with Crippen molar-refractivity contribution >= 4 is 17.4 Å². The standard InChI is InChI=1S/C13H16N2O4/c1-8(2)11(16)7-14-13(17)12-9(3)5-4-6-10(12)15(18)19/h4-6,8H,7H2,1-3H3,(H,14,17). The first-order valence-corrected chi connectivity index (χ1v) is 5.89. The fourth-order valence-electron chi connectivity index (χ4n) is 1.56. The van der Waals surface area contributed by atoms with E-state index in [-0.39, 0.29) is 29.5 Å². The predicted octanol–water partition coefficient (Wildman–Crippen LogP) is 1.86. The predicted molar refractivity (Wildman–Crippen MR) is 70.0 cm³/mol. The molecular weight excluding hydrogens is 248 g/mol. The molecule has 0 saturated heterocycles. The van der Waals surface area contributed by atoms with Crippen LogP contribution in [-0.2, 0) is 4.79 Å². The summed E-state index contributed by atoms with van der Waals surface area (Å²) < 4.78 is 0. The van der Waals surface area contributed by atoms with Crippen LogP contribution >= 0.6 is 0 Å². The van der Waals surface area contributed by atoms with Crippen molar-refractivity contribution in [2.24, 2.45) is 5.92 Å². The number of ketones is 1. The Kier molecular flexibility index (Phi) is 4.74. The highest BCUT2D eigenvalue weighted by atomic mass is 16.6. The Labute approximate surface area is 111 Å². The third-order valence-electron chi connectivity index (χ3n) is 2.74. The minimum absolute atomic E-state index is 0.00376. The second-order valence-corrected chi connectivity index (χ2v) is 4.53. The molecule has 0 bridgehead atoms. The number of hydrogen-bond donors (Lipinski definition) is 1. The Balaban J connectivity index is 2.94. The molecule has 0 spiro atoms. The number of carbonyl (C=O) groups is 2. The number of Topliss-reactive ketones (excluding diaryl/α,β-unsaturated/α-hetero) is 1. The average Bonchev–Trinajstić information content (AvgIpc) is 2.34. The summed E-state index contributed by atoms with van der Waals surface area (Å²) in [7, 11) is 0. The van der Waals surface area contributed by atoms with Gasteiger partial charge in [-0.15, -0.1) is 0 Å². The maximum Gasteiger partial charge on any atom is 0.282 e. The minimum atomic E-state index is -0.605. The van der Waals surface area contributed by atoms with Gasteiger partial charge in [0.05, 0.1) is 11.5 Å². The van der Waals surface area contributed by atoms with Gasteiger partial charge in [0.2, 0.25) is 0 Å². The number of hydrogen-bond acceptors (Lipinski definition) is 4. The zero-order chi connectivity index (χ0) is 14.6. The van der Waals surface area contributed by atoms with Crippen molar-refractivity contribution in [1.29, 1.82) is 0 Å². The van der Waals surface area contributed by atoms with E-state index < -0.39 is 10.8 Å². The quantitative estimate of drug-likeness (QED) is 0.649. The van der Waals surface area contributed by atoms with Gasteiger partial charge in [-0.1, -0.05) is 26.0 Å². The summed E-state index contributed by atoms with van der Waals surface area (Å²) >= 11 is 0. The first-order valence-electron chi connectivity index (χ1n) is 5.89. The van der Waals surface area contributed by atoms with Crippen molar-refractivity contribution in [3.63, 3.8) is 0 Å². The summed E-state index contributed by atoms with van der Waals surface area (Å²) in [5.41, 5.74) is 0.252. The number of amides is 1. The molecule has 1 rings (SSSR count). The summed E-state index contributed by atoms with van der Waals surface area (Å²) in [6, 6.07) is 4.40. The molecule has 0 atom stereocenters. The van der Waals surface area contributed by atoms with Crippen molar-refractivity contribution in [2.75, 3.05) is 6.54 Å². The monoisotopic (exact) mass is 264 g/mol. The van der Waals surface area contributed by atoms with Crippen LogP contribution in [0.15, 0.2) is 18.2 Å². The highest BCUT2D eigenvalue weighted by Crippen LogP contribution is 2.21. The lowest BCUT2D eigenvalue weighted by atomic mass is 10.1.